The smallest absolute Gasteiger partial charge is 0.160 e. The van der Waals surface area contributed by atoms with Gasteiger partial charge in [0.05, 0.1) is 11.4 Å². The molecule has 2 aromatic heterocycles. The lowest BCUT2D eigenvalue weighted by Crippen LogP contribution is -2.05. The predicted octanol–water partition coefficient (Wildman–Crippen LogP) is 15.9. The van der Waals surface area contributed by atoms with E-state index in [0.717, 1.165) is 73.0 Å². The second-order valence-corrected chi connectivity index (χ2v) is 16.5. The molecule has 3 nitrogen and oxygen atoms in total. The first-order chi connectivity index (χ1) is 31.2. The Morgan fingerprint density at radius 1 is 0.413 bits per heavy atom. The summed E-state index contributed by atoms with van der Waals surface area (Å²) in [6.07, 6.45) is 5.60. The standard InChI is InChI=1S/C60H40N2O/c1-3-12-39(13-4-1)42-22-29-45(30-23-42)55-38-56(62-60(61-55)47-33-24-43(25-34-47)40-14-5-2-6-15-40)46-31-27-44(28-32-46)53-37-54-58-50(49-35-26-41-16-7-8-17-48(41)36-49)20-11-21-57(58)63-59(54)52-19-10-9-18-51(52)53/h1-35,37-38,49H,36H2. The third-order valence-electron chi connectivity index (χ3n) is 12.7. The number of nitrogens with zero attached hydrogens (tertiary/aromatic N) is 2. The van der Waals surface area contributed by atoms with E-state index in [0.29, 0.717) is 5.82 Å². The van der Waals surface area contributed by atoms with Gasteiger partial charge in [-0.2, -0.15) is 0 Å². The van der Waals surface area contributed by atoms with Crippen LogP contribution in [0.1, 0.15) is 22.6 Å². The maximum atomic E-state index is 6.75. The summed E-state index contributed by atoms with van der Waals surface area (Å²) < 4.78 is 6.75. The molecule has 0 spiro atoms. The first-order valence-electron chi connectivity index (χ1n) is 21.6. The van der Waals surface area contributed by atoms with Gasteiger partial charge in [-0.25, -0.2) is 9.97 Å². The van der Waals surface area contributed by atoms with Crippen LogP contribution in [-0.2, 0) is 6.42 Å². The molecule has 0 N–H and O–H groups in total. The Morgan fingerprint density at radius 3 is 1.62 bits per heavy atom. The molecular weight excluding hydrogens is 765 g/mol. The molecule has 1 unspecified atom stereocenters. The molecule has 11 aromatic rings. The van der Waals surface area contributed by atoms with Gasteiger partial charge < -0.3 is 4.42 Å². The van der Waals surface area contributed by atoms with Crippen molar-refractivity contribution < 1.29 is 4.42 Å². The first kappa shape index (κ1) is 36.7. The average molecular weight is 805 g/mol. The summed E-state index contributed by atoms with van der Waals surface area (Å²) in [6, 6.07) is 75.4. The normalized spacial score (nSPS) is 13.4. The van der Waals surface area contributed by atoms with Crippen LogP contribution in [0.15, 0.2) is 223 Å². The van der Waals surface area contributed by atoms with Crippen molar-refractivity contribution in [3.8, 4) is 67.3 Å². The first-order valence-corrected chi connectivity index (χ1v) is 21.6. The number of benzene rings is 9. The van der Waals surface area contributed by atoms with Crippen molar-refractivity contribution in [2.45, 2.75) is 12.3 Å². The van der Waals surface area contributed by atoms with Crippen molar-refractivity contribution in [2.24, 2.45) is 0 Å². The van der Waals surface area contributed by atoms with E-state index in [2.05, 4.69) is 212 Å². The Hall–Kier alpha value is -8.14. The Labute approximate surface area is 366 Å². The minimum absolute atomic E-state index is 0.254. The summed E-state index contributed by atoms with van der Waals surface area (Å²) in [6.45, 7) is 0. The number of fused-ring (bicyclic) bond motifs is 6. The van der Waals surface area contributed by atoms with Crippen molar-refractivity contribution in [3.63, 3.8) is 0 Å². The third-order valence-corrected chi connectivity index (χ3v) is 12.7. The van der Waals surface area contributed by atoms with Gasteiger partial charge in [-0.1, -0.05) is 206 Å². The van der Waals surface area contributed by atoms with Crippen LogP contribution in [0.4, 0.5) is 0 Å². The molecule has 9 aromatic carbocycles. The number of furan rings is 1. The molecule has 0 bridgehead atoms. The van der Waals surface area contributed by atoms with E-state index < -0.39 is 0 Å². The fourth-order valence-electron chi connectivity index (χ4n) is 9.44. The highest BCUT2D eigenvalue weighted by Gasteiger charge is 2.23. The second-order valence-electron chi connectivity index (χ2n) is 16.5. The topological polar surface area (TPSA) is 38.9 Å². The lowest BCUT2D eigenvalue weighted by atomic mass is 9.83. The van der Waals surface area contributed by atoms with Crippen molar-refractivity contribution in [1.82, 2.24) is 9.97 Å². The molecule has 0 aliphatic heterocycles. The summed E-state index contributed by atoms with van der Waals surface area (Å²) in [7, 11) is 0. The molecule has 0 fully saturated rings. The highest BCUT2D eigenvalue weighted by Crippen LogP contribution is 2.44. The number of allylic oxidation sites excluding steroid dienone is 1. The Morgan fingerprint density at radius 2 is 0.952 bits per heavy atom. The Bertz CT molecular complexity index is 3390. The maximum Gasteiger partial charge on any atom is 0.160 e. The molecule has 3 heteroatoms. The Kier molecular flexibility index (Phi) is 8.97. The maximum absolute atomic E-state index is 6.75. The number of hydrogen-bond acceptors (Lipinski definition) is 3. The molecular formula is C60H40N2O. The number of rotatable bonds is 7. The van der Waals surface area contributed by atoms with Crippen LogP contribution < -0.4 is 0 Å². The molecule has 12 rings (SSSR count). The lowest BCUT2D eigenvalue weighted by molar-refractivity contribution is 0.672. The fourth-order valence-corrected chi connectivity index (χ4v) is 9.44. The Balaban J connectivity index is 0.952. The molecule has 2 heterocycles. The summed E-state index contributed by atoms with van der Waals surface area (Å²) in [5.41, 5.74) is 17.6. The molecule has 63 heavy (non-hydrogen) atoms. The van der Waals surface area contributed by atoms with Gasteiger partial charge in [-0.05, 0) is 80.1 Å². The van der Waals surface area contributed by atoms with Crippen LogP contribution in [0.2, 0.25) is 0 Å². The summed E-state index contributed by atoms with van der Waals surface area (Å²) in [5.74, 6) is 0.943. The largest absolute Gasteiger partial charge is 0.455 e. The second kappa shape index (κ2) is 15.4. The number of hydrogen-bond donors (Lipinski definition) is 0. The molecule has 296 valence electrons. The predicted molar refractivity (Wildman–Crippen MR) is 261 cm³/mol. The van der Waals surface area contributed by atoms with Gasteiger partial charge >= 0.3 is 0 Å². The van der Waals surface area contributed by atoms with Gasteiger partial charge in [0.2, 0.25) is 0 Å². The van der Waals surface area contributed by atoms with E-state index in [1.165, 1.54) is 44.3 Å². The summed E-state index contributed by atoms with van der Waals surface area (Å²) in [5, 5.41) is 4.61. The van der Waals surface area contributed by atoms with E-state index >= 15 is 0 Å². The van der Waals surface area contributed by atoms with Gasteiger partial charge in [0.25, 0.3) is 0 Å². The van der Waals surface area contributed by atoms with Gasteiger partial charge in [-0.3, -0.25) is 0 Å². The lowest BCUT2D eigenvalue weighted by Gasteiger charge is -2.20. The van der Waals surface area contributed by atoms with E-state index in [1.807, 2.05) is 12.1 Å². The van der Waals surface area contributed by atoms with Crippen LogP contribution in [0.3, 0.4) is 0 Å². The van der Waals surface area contributed by atoms with Gasteiger partial charge in [0.15, 0.2) is 5.82 Å². The van der Waals surface area contributed by atoms with Crippen LogP contribution in [0.5, 0.6) is 0 Å². The van der Waals surface area contributed by atoms with E-state index in [1.54, 1.807) is 0 Å². The SMILES string of the molecule is C1=CC(c2cccc3oc4c5ccccc5c(-c5ccc(-c6cc(-c7ccc(-c8ccccc8)cc7)nc(-c7ccc(-c8ccccc8)cc7)n6)cc5)cc4c23)Cc2ccccc21. The molecule has 0 saturated carbocycles. The molecule has 1 aliphatic carbocycles. The van der Waals surface area contributed by atoms with Gasteiger partial charge in [0.1, 0.15) is 11.2 Å². The zero-order chi connectivity index (χ0) is 41.7. The number of aromatic nitrogens is 2. The van der Waals surface area contributed by atoms with E-state index in [4.69, 9.17) is 14.4 Å². The highest BCUT2D eigenvalue weighted by atomic mass is 16.3. The quantitative estimate of drug-likeness (QED) is 0.161. The van der Waals surface area contributed by atoms with Crippen molar-refractivity contribution in [1.29, 1.82) is 0 Å². The highest BCUT2D eigenvalue weighted by molar-refractivity contribution is 6.20. The van der Waals surface area contributed by atoms with Gasteiger partial charge in [0, 0.05) is 38.8 Å². The molecule has 1 atom stereocenters. The van der Waals surface area contributed by atoms with E-state index in [9.17, 15) is 0 Å². The molecule has 0 saturated heterocycles. The zero-order valence-electron chi connectivity index (χ0n) is 34.4. The zero-order valence-corrected chi connectivity index (χ0v) is 34.4. The van der Waals surface area contributed by atoms with Crippen LogP contribution in [0.25, 0.3) is 106 Å². The minimum atomic E-state index is 0.254. The van der Waals surface area contributed by atoms with Crippen LogP contribution in [-0.4, -0.2) is 9.97 Å². The van der Waals surface area contributed by atoms with Gasteiger partial charge in [-0.15, -0.1) is 0 Å². The summed E-state index contributed by atoms with van der Waals surface area (Å²) in [4.78, 5) is 10.4. The average Bonchev–Trinajstić information content (AvgIpc) is 3.76. The monoisotopic (exact) mass is 804 g/mol. The molecule has 0 radical (unpaired) electrons. The van der Waals surface area contributed by atoms with E-state index in [-0.39, 0.29) is 5.92 Å². The van der Waals surface area contributed by atoms with Crippen molar-refractivity contribution >= 4 is 38.8 Å². The summed E-state index contributed by atoms with van der Waals surface area (Å²) >= 11 is 0. The van der Waals surface area contributed by atoms with Crippen molar-refractivity contribution in [2.75, 3.05) is 0 Å². The van der Waals surface area contributed by atoms with Crippen LogP contribution >= 0.6 is 0 Å². The van der Waals surface area contributed by atoms with Crippen molar-refractivity contribution in [3.05, 3.63) is 235 Å². The molecule has 0 amide bonds. The van der Waals surface area contributed by atoms with Crippen LogP contribution in [0, 0.1) is 0 Å². The fraction of sp³-hybridized carbons (Fsp3) is 0.0333. The minimum Gasteiger partial charge on any atom is -0.455 e. The molecule has 1 aliphatic rings. The third kappa shape index (κ3) is 6.72.